The highest BCUT2D eigenvalue weighted by atomic mass is 35.5. The van der Waals surface area contributed by atoms with Crippen molar-refractivity contribution in [2.75, 3.05) is 13.1 Å². The largest absolute Gasteiger partial charge is 0.368 e. The molecule has 0 aliphatic carbocycles. The van der Waals surface area contributed by atoms with Crippen LogP contribution in [0.15, 0.2) is 29.3 Å². The van der Waals surface area contributed by atoms with Crippen LogP contribution in [-0.4, -0.2) is 23.9 Å². The zero-order valence-electron chi connectivity index (χ0n) is 9.08. The molecule has 0 amide bonds. The van der Waals surface area contributed by atoms with Crippen molar-refractivity contribution in [1.29, 1.82) is 0 Å². The van der Waals surface area contributed by atoms with Crippen LogP contribution in [0.4, 0.5) is 0 Å². The number of halogens is 1. The minimum absolute atomic E-state index is 0. The number of aromatic amines is 1. The van der Waals surface area contributed by atoms with Gasteiger partial charge in [-0.25, -0.2) is 0 Å². The van der Waals surface area contributed by atoms with Crippen molar-refractivity contribution in [3.8, 4) is 0 Å². The summed E-state index contributed by atoms with van der Waals surface area (Å²) in [6, 6.07) is 8.35. The zero-order valence-corrected chi connectivity index (χ0v) is 9.90. The molecule has 16 heavy (non-hydrogen) atoms. The molecule has 84 valence electrons. The summed E-state index contributed by atoms with van der Waals surface area (Å²) in [6.07, 6.45) is 0. The predicted molar refractivity (Wildman–Crippen MR) is 69.7 cm³/mol. The summed E-state index contributed by atoms with van der Waals surface area (Å²) in [5.74, 6) is 1.03. The molecular weight excluding hydrogens is 222 g/mol. The summed E-state index contributed by atoms with van der Waals surface area (Å²) in [4.78, 5) is 7.86. The van der Waals surface area contributed by atoms with Crippen LogP contribution in [0.3, 0.4) is 0 Å². The van der Waals surface area contributed by atoms with Gasteiger partial charge in [0, 0.05) is 28.7 Å². The standard InChI is InChI=1S/C12H13N3.ClH/c1-8-11(12-13-6-7-14-12)9-4-2-3-5-10(9)15-8;/h2-5,15H,6-7H2,1H3,(H,13,14);1H. The van der Waals surface area contributed by atoms with Gasteiger partial charge in [0.2, 0.25) is 0 Å². The van der Waals surface area contributed by atoms with Crippen LogP contribution in [0.1, 0.15) is 11.3 Å². The maximum atomic E-state index is 4.47. The highest BCUT2D eigenvalue weighted by molar-refractivity contribution is 6.11. The Bertz CT molecular complexity index is 542. The molecule has 0 saturated heterocycles. The quantitative estimate of drug-likeness (QED) is 0.782. The first-order chi connectivity index (χ1) is 7.36. The van der Waals surface area contributed by atoms with E-state index in [9.17, 15) is 0 Å². The minimum atomic E-state index is 0. The Morgan fingerprint density at radius 1 is 1.25 bits per heavy atom. The van der Waals surface area contributed by atoms with Gasteiger partial charge in [-0.15, -0.1) is 12.4 Å². The molecule has 0 atom stereocenters. The lowest BCUT2D eigenvalue weighted by Gasteiger charge is -2.01. The van der Waals surface area contributed by atoms with E-state index in [0.717, 1.165) is 18.9 Å². The number of H-pyrrole nitrogens is 1. The fraction of sp³-hybridized carbons (Fsp3) is 0.250. The topological polar surface area (TPSA) is 40.2 Å². The van der Waals surface area contributed by atoms with Gasteiger partial charge in [-0.3, -0.25) is 4.99 Å². The van der Waals surface area contributed by atoms with Crippen molar-refractivity contribution < 1.29 is 0 Å². The van der Waals surface area contributed by atoms with Gasteiger partial charge < -0.3 is 10.3 Å². The minimum Gasteiger partial charge on any atom is -0.368 e. The van der Waals surface area contributed by atoms with E-state index in [1.807, 2.05) is 6.07 Å². The number of fused-ring (bicyclic) bond motifs is 1. The molecule has 3 rings (SSSR count). The van der Waals surface area contributed by atoms with E-state index in [4.69, 9.17) is 0 Å². The summed E-state index contributed by atoms with van der Waals surface area (Å²) < 4.78 is 0. The van der Waals surface area contributed by atoms with Crippen LogP contribution < -0.4 is 5.32 Å². The lowest BCUT2D eigenvalue weighted by Crippen LogP contribution is -2.19. The van der Waals surface area contributed by atoms with Crippen molar-refractivity contribution in [2.45, 2.75) is 6.92 Å². The average Bonchev–Trinajstić information content (AvgIpc) is 2.82. The Labute approximate surface area is 100 Å². The number of amidine groups is 1. The first-order valence-electron chi connectivity index (χ1n) is 5.22. The van der Waals surface area contributed by atoms with Crippen molar-refractivity contribution in [3.63, 3.8) is 0 Å². The van der Waals surface area contributed by atoms with Crippen LogP contribution in [0.2, 0.25) is 0 Å². The van der Waals surface area contributed by atoms with Crippen molar-refractivity contribution in [2.24, 2.45) is 4.99 Å². The molecule has 0 unspecified atom stereocenters. The summed E-state index contributed by atoms with van der Waals surface area (Å²) in [5.41, 5.74) is 3.59. The van der Waals surface area contributed by atoms with E-state index in [1.165, 1.54) is 22.2 Å². The summed E-state index contributed by atoms with van der Waals surface area (Å²) in [5, 5.41) is 4.57. The second kappa shape index (κ2) is 4.18. The molecule has 2 aromatic rings. The van der Waals surface area contributed by atoms with Gasteiger partial charge in [0.25, 0.3) is 0 Å². The zero-order chi connectivity index (χ0) is 10.3. The predicted octanol–water partition coefficient (Wildman–Crippen LogP) is 2.25. The Morgan fingerprint density at radius 2 is 2.06 bits per heavy atom. The number of hydrogen-bond donors (Lipinski definition) is 2. The van der Waals surface area contributed by atoms with Gasteiger partial charge in [-0.05, 0) is 13.0 Å². The number of aryl methyl sites for hydroxylation is 1. The van der Waals surface area contributed by atoms with Crippen LogP contribution in [-0.2, 0) is 0 Å². The smallest absolute Gasteiger partial charge is 0.130 e. The monoisotopic (exact) mass is 235 g/mol. The van der Waals surface area contributed by atoms with E-state index < -0.39 is 0 Å². The molecule has 0 radical (unpaired) electrons. The molecule has 4 heteroatoms. The van der Waals surface area contributed by atoms with Crippen LogP contribution in [0.5, 0.6) is 0 Å². The summed E-state index contributed by atoms with van der Waals surface area (Å²) >= 11 is 0. The summed E-state index contributed by atoms with van der Waals surface area (Å²) in [6.45, 7) is 3.93. The molecule has 0 fully saturated rings. The normalized spacial score (nSPS) is 14.4. The molecule has 3 nitrogen and oxygen atoms in total. The first-order valence-corrected chi connectivity index (χ1v) is 5.22. The van der Waals surface area contributed by atoms with Crippen LogP contribution >= 0.6 is 12.4 Å². The Kier molecular flexibility index (Phi) is 2.88. The molecule has 2 heterocycles. The summed E-state index contributed by atoms with van der Waals surface area (Å²) in [7, 11) is 0. The van der Waals surface area contributed by atoms with Crippen molar-refractivity contribution in [3.05, 3.63) is 35.5 Å². The molecule has 2 N–H and O–H groups in total. The van der Waals surface area contributed by atoms with E-state index in [2.05, 4.69) is 40.4 Å². The average molecular weight is 236 g/mol. The Balaban J connectivity index is 0.000000963. The lowest BCUT2D eigenvalue weighted by atomic mass is 10.1. The van der Waals surface area contributed by atoms with Gasteiger partial charge in [-0.1, -0.05) is 18.2 Å². The highest BCUT2D eigenvalue weighted by Crippen LogP contribution is 2.22. The number of aromatic nitrogens is 1. The van der Waals surface area contributed by atoms with Gasteiger partial charge in [0.15, 0.2) is 0 Å². The highest BCUT2D eigenvalue weighted by Gasteiger charge is 2.15. The molecule has 1 aromatic carbocycles. The van der Waals surface area contributed by atoms with Crippen LogP contribution in [0.25, 0.3) is 10.9 Å². The molecule has 0 bridgehead atoms. The fourth-order valence-electron chi connectivity index (χ4n) is 2.15. The van der Waals surface area contributed by atoms with E-state index in [1.54, 1.807) is 0 Å². The number of nitrogens with zero attached hydrogens (tertiary/aromatic N) is 1. The maximum absolute atomic E-state index is 4.47. The van der Waals surface area contributed by atoms with Gasteiger partial charge in [0.05, 0.1) is 6.54 Å². The first kappa shape index (κ1) is 11.0. The van der Waals surface area contributed by atoms with Crippen molar-refractivity contribution >= 4 is 29.1 Å². The molecule has 1 aromatic heterocycles. The van der Waals surface area contributed by atoms with Gasteiger partial charge in [-0.2, -0.15) is 0 Å². The lowest BCUT2D eigenvalue weighted by molar-refractivity contribution is 0.960. The molecular formula is C12H14ClN3. The van der Waals surface area contributed by atoms with E-state index in [-0.39, 0.29) is 12.4 Å². The number of rotatable bonds is 1. The Morgan fingerprint density at radius 3 is 2.81 bits per heavy atom. The molecule has 1 aliphatic heterocycles. The number of para-hydroxylation sites is 1. The van der Waals surface area contributed by atoms with Crippen molar-refractivity contribution in [1.82, 2.24) is 10.3 Å². The molecule has 0 spiro atoms. The third kappa shape index (κ3) is 1.57. The third-order valence-corrected chi connectivity index (χ3v) is 2.80. The molecule has 0 saturated carbocycles. The van der Waals surface area contributed by atoms with Gasteiger partial charge >= 0.3 is 0 Å². The van der Waals surface area contributed by atoms with E-state index in [0.29, 0.717) is 0 Å². The number of nitrogens with one attached hydrogen (secondary N) is 2. The maximum Gasteiger partial charge on any atom is 0.130 e. The number of hydrogen-bond acceptors (Lipinski definition) is 2. The second-order valence-electron chi connectivity index (χ2n) is 3.83. The number of benzene rings is 1. The fourth-order valence-corrected chi connectivity index (χ4v) is 2.15. The molecule has 1 aliphatic rings. The second-order valence-corrected chi connectivity index (χ2v) is 3.83. The Hall–Kier alpha value is -1.48. The van der Waals surface area contributed by atoms with Gasteiger partial charge in [0.1, 0.15) is 5.84 Å². The van der Waals surface area contributed by atoms with E-state index >= 15 is 0 Å². The number of aliphatic imine (C=N–C) groups is 1. The third-order valence-electron chi connectivity index (χ3n) is 2.80. The SMILES string of the molecule is Cc1[nH]c2ccccc2c1C1=NCCN1.Cl. The van der Waals surface area contributed by atoms with Crippen LogP contribution in [0, 0.1) is 6.92 Å².